The van der Waals surface area contributed by atoms with Crippen LogP contribution in [-0.2, 0) is 10.1 Å². The van der Waals surface area contributed by atoms with Gasteiger partial charge in [-0.15, -0.1) is 0 Å². The third-order valence-corrected chi connectivity index (χ3v) is 4.18. The fourth-order valence-electron chi connectivity index (χ4n) is 1.96. The molecular formula is C15H12N2O3S. The van der Waals surface area contributed by atoms with E-state index in [4.69, 9.17) is 9.92 Å². The molecule has 0 unspecified atom stereocenters. The number of para-hydroxylation sites is 1. The second-order valence-corrected chi connectivity index (χ2v) is 5.96. The van der Waals surface area contributed by atoms with Crippen LogP contribution in [0.2, 0.25) is 0 Å². The van der Waals surface area contributed by atoms with Gasteiger partial charge in [-0.2, -0.15) is 8.42 Å². The maximum absolute atomic E-state index is 12.2. The number of rotatable bonds is 3. The number of pyridine rings is 1. The first-order chi connectivity index (χ1) is 10.1. The van der Waals surface area contributed by atoms with Gasteiger partial charge >= 0.3 is 10.1 Å². The summed E-state index contributed by atoms with van der Waals surface area (Å²) in [5.74, 6) is 0.458. The molecule has 0 radical (unpaired) electrons. The van der Waals surface area contributed by atoms with E-state index in [1.165, 1.54) is 12.1 Å². The minimum atomic E-state index is -3.90. The molecule has 2 N–H and O–H groups in total. The van der Waals surface area contributed by atoms with Gasteiger partial charge in [0.15, 0.2) is 5.75 Å². The molecule has 0 saturated carbocycles. The Morgan fingerprint density at radius 2 is 1.67 bits per heavy atom. The van der Waals surface area contributed by atoms with Gasteiger partial charge in [0, 0.05) is 5.39 Å². The summed E-state index contributed by atoms with van der Waals surface area (Å²) >= 11 is 0. The number of fused-ring (bicyclic) bond motifs is 1. The zero-order valence-corrected chi connectivity index (χ0v) is 11.7. The number of hydrogen-bond donors (Lipinski definition) is 1. The van der Waals surface area contributed by atoms with Gasteiger partial charge in [0.2, 0.25) is 0 Å². The molecule has 2 aromatic carbocycles. The second kappa shape index (κ2) is 5.06. The van der Waals surface area contributed by atoms with E-state index in [0.29, 0.717) is 11.3 Å². The standard InChI is InChI=1S/C15H12N2O3S/c16-14-10-9-11-5-4-8-13(15(11)17-14)20-21(18,19)12-6-2-1-3-7-12/h1-10H,(H2,16,17). The number of anilines is 1. The van der Waals surface area contributed by atoms with E-state index >= 15 is 0 Å². The van der Waals surface area contributed by atoms with Crippen LogP contribution >= 0.6 is 0 Å². The summed E-state index contributed by atoms with van der Waals surface area (Å²) < 4.78 is 29.7. The normalized spacial score (nSPS) is 11.4. The third-order valence-electron chi connectivity index (χ3n) is 2.94. The number of benzene rings is 2. The van der Waals surface area contributed by atoms with Crippen molar-refractivity contribution in [1.29, 1.82) is 0 Å². The zero-order valence-electron chi connectivity index (χ0n) is 10.9. The maximum Gasteiger partial charge on any atom is 0.339 e. The Morgan fingerprint density at radius 3 is 2.43 bits per heavy atom. The van der Waals surface area contributed by atoms with Crippen molar-refractivity contribution < 1.29 is 12.6 Å². The molecular weight excluding hydrogens is 288 g/mol. The van der Waals surface area contributed by atoms with Gasteiger partial charge in [0.05, 0.1) is 0 Å². The molecule has 21 heavy (non-hydrogen) atoms. The molecule has 0 saturated heterocycles. The third kappa shape index (κ3) is 2.66. The van der Waals surface area contributed by atoms with Crippen molar-refractivity contribution in [2.45, 2.75) is 4.90 Å². The summed E-state index contributed by atoms with van der Waals surface area (Å²) in [6, 6.07) is 16.4. The first-order valence-electron chi connectivity index (χ1n) is 6.21. The number of aromatic nitrogens is 1. The molecule has 0 aliphatic carbocycles. The molecule has 106 valence electrons. The Morgan fingerprint density at radius 1 is 0.905 bits per heavy atom. The maximum atomic E-state index is 12.2. The Hall–Kier alpha value is -2.60. The molecule has 3 aromatic rings. The molecule has 0 amide bonds. The molecule has 5 nitrogen and oxygen atoms in total. The smallest absolute Gasteiger partial charge is 0.339 e. The summed E-state index contributed by atoms with van der Waals surface area (Å²) in [6.07, 6.45) is 0. The number of nitrogens with two attached hydrogens (primary N) is 1. The van der Waals surface area contributed by atoms with E-state index in [9.17, 15) is 8.42 Å². The lowest BCUT2D eigenvalue weighted by molar-refractivity contribution is 0.488. The van der Waals surface area contributed by atoms with Crippen LogP contribution in [0.15, 0.2) is 65.6 Å². The largest absolute Gasteiger partial charge is 0.384 e. The average Bonchev–Trinajstić information content (AvgIpc) is 2.48. The Kier molecular flexibility index (Phi) is 3.23. The van der Waals surface area contributed by atoms with Gasteiger partial charge in [-0.05, 0) is 30.3 Å². The average molecular weight is 300 g/mol. The summed E-state index contributed by atoms with van der Waals surface area (Å²) in [5, 5.41) is 0.755. The summed E-state index contributed by atoms with van der Waals surface area (Å²) in [6.45, 7) is 0. The summed E-state index contributed by atoms with van der Waals surface area (Å²) in [7, 11) is -3.90. The molecule has 3 rings (SSSR count). The molecule has 1 aromatic heterocycles. The van der Waals surface area contributed by atoms with E-state index in [1.54, 1.807) is 42.5 Å². The van der Waals surface area contributed by atoms with Gasteiger partial charge in [0.25, 0.3) is 0 Å². The van der Waals surface area contributed by atoms with Gasteiger partial charge < -0.3 is 9.92 Å². The van der Waals surface area contributed by atoms with Crippen molar-refractivity contribution in [1.82, 2.24) is 4.98 Å². The summed E-state index contributed by atoms with van der Waals surface area (Å²) in [4.78, 5) is 4.23. The molecule has 0 aliphatic rings. The predicted molar refractivity (Wildman–Crippen MR) is 80.4 cm³/mol. The van der Waals surface area contributed by atoms with Crippen LogP contribution in [0.5, 0.6) is 5.75 Å². The van der Waals surface area contributed by atoms with Crippen LogP contribution in [0.3, 0.4) is 0 Å². The minimum Gasteiger partial charge on any atom is -0.384 e. The van der Waals surface area contributed by atoms with Crippen molar-refractivity contribution in [3.63, 3.8) is 0 Å². The van der Waals surface area contributed by atoms with Gasteiger partial charge in [-0.1, -0.05) is 30.3 Å². The Labute approximate surface area is 122 Å². The predicted octanol–water partition coefficient (Wildman–Crippen LogP) is 2.58. The van der Waals surface area contributed by atoms with Crippen LogP contribution in [0.1, 0.15) is 0 Å². The molecule has 0 bridgehead atoms. The lowest BCUT2D eigenvalue weighted by atomic mass is 10.2. The Bertz CT molecular complexity index is 893. The van der Waals surface area contributed by atoms with Crippen molar-refractivity contribution in [3.05, 3.63) is 60.7 Å². The van der Waals surface area contributed by atoms with Crippen molar-refractivity contribution >= 4 is 26.8 Å². The van der Waals surface area contributed by atoms with E-state index in [2.05, 4.69) is 4.98 Å². The monoisotopic (exact) mass is 300 g/mol. The van der Waals surface area contributed by atoms with Gasteiger partial charge in [-0.25, -0.2) is 4.98 Å². The molecule has 0 atom stereocenters. The topological polar surface area (TPSA) is 82.3 Å². The van der Waals surface area contributed by atoms with Crippen molar-refractivity contribution in [2.75, 3.05) is 5.73 Å². The second-order valence-electron chi connectivity index (χ2n) is 4.41. The highest BCUT2D eigenvalue weighted by Crippen LogP contribution is 2.27. The summed E-state index contributed by atoms with van der Waals surface area (Å²) in [5.41, 5.74) is 6.07. The van der Waals surface area contributed by atoms with Crippen LogP contribution in [0, 0.1) is 0 Å². The van der Waals surface area contributed by atoms with Crippen molar-refractivity contribution in [3.8, 4) is 5.75 Å². The van der Waals surface area contributed by atoms with Gasteiger partial charge in [0.1, 0.15) is 16.2 Å². The molecule has 1 heterocycles. The number of nitrogen functional groups attached to an aromatic ring is 1. The molecule has 6 heteroatoms. The highest BCUT2D eigenvalue weighted by atomic mass is 32.2. The molecule has 0 aliphatic heterocycles. The molecule has 0 fully saturated rings. The van der Waals surface area contributed by atoms with E-state index in [1.807, 2.05) is 6.07 Å². The highest BCUT2D eigenvalue weighted by molar-refractivity contribution is 7.87. The lowest BCUT2D eigenvalue weighted by Gasteiger charge is -2.09. The fourth-order valence-corrected chi connectivity index (χ4v) is 2.91. The van der Waals surface area contributed by atoms with Crippen LogP contribution in [0.25, 0.3) is 10.9 Å². The minimum absolute atomic E-state index is 0.0888. The number of nitrogens with zero attached hydrogens (tertiary/aromatic N) is 1. The first kappa shape index (κ1) is 13.4. The molecule has 0 spiro atoms. The zero-order chi connectivity index (χ0) is 14.9. The number of hydrogen-bond acceptors (Lipinski definition) is 5. The van der Waals surface area contributed by atoms with Crippen LogP contribution < -0.4 is 9.92 Å². The Balaban J connectivity index is 2.08. The van der Waals surface area contributed by atoms with Gasteiger partial charge in [-0.3, -0.25) is 0 Å². The quantitative estimate of drug-likeness (QED) is 0.752. The van der Waals surface area contributed by atoms with Crippen molar-refractivity contribution in [2.24, 2.45) is 0 Å². The van der Waals surface area contributed by atoms with Crippen LogP contribution in [-0.4, -0.2) is 13.4 Å². The van der Waals surface area contributed by atoms with Crippen LogP contribution in [0.4, 0.5) is 5.82 Å². The fraction of sp³-hybridized carbons (Fsp3) is 0. The SMILES string of the molecule is Nc1ccc2cccc(OS(=O)(=O)c3ccccc3)c2n1. The van der Waals surface area contributed by atoms with E-state index < -0.39 is 10.1 Å². The highest BCUT2D eigenvalue weighted by Gasteiger charge is 2.18. The van der Waals surface area contributed by atoms with E-state index in [-0.39, 0.29) is 10.6 Å². The van der Waals surface area contributed by atoms with E-state index in [0.717, 1.165) is 5.39 Å². The lowest BCUT2D eigenvalue weighted by Crippen LogP contribution is -2.10. The first-order valence-corrected chi connectivity index (χ1v) is 7.62.